The number of ether oxygens (including phenoxy) is 1. The summed E-state index contributed by atoms with van der Waals surface area (Å²) in [7, 11) is 0. The molecule has 0 amide bonds. The average Bonchev–Trinajstić information content (AvgIpc) is 3.08. The van der Waals surface area contributed by atoms with Crippen molar-refractivity contribution in [2.45, 2.75) is 31.7 Å². The zero-order valence-electron chi connectivity index (χ0n) is 10.3. The molecular formula is C11H14N6O2. The van der Waals surface area contributed by atoms with Crippen LogP contribution >= 0.6 is 0 Å². The van der Waals surface area contributed by atoms with Crippen LogP contribution in [0.3, 0.4) is 0 Å². The number of aromatic nitrogens is 5. The van der Waals surface area contributed by atoms with Crippen molar-refractivity contribution >= 4 is 0 Å². The molecule has 0 aromatic carbocycles. The molecule has 2 aromatic heterocycles. The highest BCUT2D eigenvalue weighted by Gasteiger charge is 2.36. The molecule has 0 saturated carbocycles. The fraction of sp³-hybridized carbons (Fsp3) is 0.636. The number of piperidine rings is 1. The van der Waals surface area contributed by atoms with Crippen LogP contribution in [0.15, 0.2) is 17.1 Å². The van der Waals surface area contributed by atoms with E-state index in [1.807, 2.05) is 4.68 Å². The van der Waals surface area contributed by atoms with Gasteiger partial charge in [0.05, 0.1) is 37.2 Å². The van der Waals surface area contributed by atoms with E-state index in [-0.39, 0.29) is 12.1 Å². The van der Waals surface area contributed by atoms with Gasteiger partial charge in [0.1, 0.15) is 0 Å². The first kappa shape index (κ1) is 11.1. The van der Waals surface area contributed by atoms with E-state index in [4.69, 9.17) is 9.26 Å². The van der Waals surface area contributed by atoms with Crippen LogP contribution in [-0.2, 0) is 17.9 Å². The van der Waals surface area contributed by atoms with Gasteiger partial charge in [-0.1, -0.05) is 10.4 Å². The third-order valence-corrected chi connectivity index (χ3v) is 3.78. The van der Waals surface area contributed by atoms with E-state index in [9.17, 15) is 0 Å². The Morgan fingerprint density at radius 3 is 3.32 bits per heavy atom. The Balaban J connectivity index is 1.52. The molecule has 19 heavy (non-hydrogen) atoms. The van der Waals surface area contributed by atoms with Gasteiger partial charge in [0, 0.05) is 13.1 Å². The Labute approximate surface area is 109 Å². The van der Waals surface area contributed by atoms with Crippen molar-refractivity contribution in [2.24, 2.45) is 0 Å². The highest BCUT2D eigenvalue weighted by atomic mass is 16.5. The van der Waals surface area contributed by atoms with Crippen molar-refractivity contribution in [2.75, 3.05) is 13.1 Å². The van der Waals surface area contributed by atoms with Crippen LogP contribution in [0.5, 0.6) is 0 Å². The van der Waals surface area contributed by atoms with Gasteiger partial charge in [-0.3, -0.25) is 4.90 Å². The highest BCUT2D eigenvalue weighted by Crippen LogP contribution is 2.30. The fourth-order valence-electron chi connectivity index (χ4n) is 2.85. The van der Waals surface area contributed by atoms with Crippen LogP contribution in [0.4, 0.5) is 0 Å². The smallest absolute Gasteiger partial charge is 0.213 e. The maximum Gasteiger partial charge on any atom is 0.213 e. The number of nitrogens with zero attached hydrogens (tertiary/aromatic N) is 6. The summed E-state index contributed by atoms with van der Waals surface area (Å²) in [5.74, 6) is 0.717. The SMILES string of the molecule is c1nc(CN2CC[C@H]3OCc4cnnn4[C@@H]3C2)no1. The minimum absolute atomic E-state index is 0.229. The Bertz CT molecular complexity index is 553. The first-order valence-electron chi connectivity index (χ1n) is 6.38. The maximum atomic E-state index is 5.87. The molecule has 2 aliphatic heterocycles. The third kappa shape index (κ3) is 1.92. The molecule has 100 valence electrons. The molecule has 2 atom stereocenters. The summed E-state index contributed by atoms with van der Waals surface area (Å²) >= 11 is 0. The van der Waals surface area contributed by atoms with E-state index in [0.29, 0.717) is 19.0 Å². The van der Waals surface area contributed by atoms with Gasteiger partial charge in [0.25, 0.3) is 0 Å². The summed E-state index contributed by atoms with van der Waals surface area (Å²) < 4.78 is 12.6. The molecule has 0 aliphatic carbocycles. The quantitative estimate of drug-likeness (QED) is 0.753. The second-order valence-corrected chi connectivity index (χ2v) is 4.96. The Morgan fingerprint density at radius 2 is 2.42 bits per heavy atom. The summed E-state index contributed by atoms with van der Waals surface area (Å²) in [5, 5.41) is 12.0. The number of fused-ring (bicyclic) bond motifs is 3. The van der Waals surface area contributed by atoms with Gasteiger partial charge in [-0.25, -0.2) is 4.68 Å². The zero-order valence-corrected chi connectivity index (χ0v) is 10.3. The number of hydrogen-bond donors (Lipinski definition) is 0. The summed E-state index contributed by atoms with van der Waals surface area (Å²) in [6.07, 6.45) is 4.35. The second-order valence-electron chi connectivity index (χ2n) is 4.96. The molecule has 8 heteroatoms. The first-order chi connectivity index (χ1) is 9.40. The summed E-state index contributed by atoms with van der Waals surface area (Å²) in [6.45, 7) is 3.15. The fourth-order valence-corrected chi connectivity index (χ4v) is 2.85. The van der Waals surface area contributed by atoms with Crippen molar-refractivity contribution < 1.29 is 9.26 Å². The second kappa shape index (κ2) is 4.39. The standard InChI is InChI=1S/C11H14N6O2/c1-2-16(5-11-12-7-19-14-11)4-9-10(1)18-6-8-3-13-15-17(8)9/h3,7,9-10H,1-2,4-6H2/t9-,10-/m1/s1. The topological polar surface area (TPSA) is 82.1 Å². The molecule has 0 bridgehead atoms. The number of likely N-dealkylation sites (tertiary alicyclic amines) is 1. The van der Waals surface area contributed by atoms with Crippen LogP contribution < -0.4 is 0 Å². The van der Waals surface area contributed by atoms with Gasteiger partial charge in [-0.15, -0.1) is 5.10 Å². The largest absolute Gasteiger partial charge is 0.370 e. The highest BCUT2D eigenvalue weighted by molar-refractivity contribution is 5.01. The van der Waals surface area contributed by atoms with E-state index in [1.165, 1.54) is 6.39 Å². The number of rotatable bonds is 2. The van der Waals surface area contributed by atoms with E-state index in [0.717, 1.165) is 25.2 Å². The van der Waals surface area contributed by atoms with Gasteiger partial charge < -0.3 is 9.26 Å². The van der Waals surface area contributed by atoms with Crippen LogP contribution in [-0.4, -0.2) is 49.2 Å². The molecule has 0 N–H and O–H groups in total. The van der Waals surface area contributed by atoms with Crippen molar-refractivity contribution in [3.63, 3.8) is 0 Å². The average molecular weight is 262 g/mol. The van der Waals surface area contributed by atoms with Crippen molar-refractivity contribution in [1.82, 2.24) is 30.0 Å². The normalized spacial score (nSPS) is 26.9. The molecule has 2 aliphatic rings. The molecule has 0 radical (unpaired) electrons. The van der Waals surface area contributed by atoms with Gasteiger partial charge in [-0.2, -0.15) is 4.98 Å². The first-order valence-corrected chi connectivity index (χ1v) is 6.38. The maximum absolute atomic E-state index is 5.87. The Kier molecular flexibility index (Phi) is 2.56. The van der Waals surface area contributed by atoms with Gasteiger partial charge in [0.15, 0.2) is 5.82 Å². The van der Waals surface area contributed by atoms with Crippen LogP contribution in [0.2, 0.25) is 0 Å². The van der Waals surface area contributed by atoms with E-state index in [1.54, 1.807) is 6.20 Å². The molecule has 4 rings (SSSR count). The molecule has 2 aromatic rings. The number of hydrogen-bond acceptors (Lipinski definition) is 7. The summed E-state index contributed by atoms with van der Waals surface area (Å²) in [6, 6.07) is 0.229. The molecule has 0 spiro atoms. The van der Waals surface area contributed by atoms with Crippen LogP contribution in [0.25, 0.3) is 0 Å². The predicted octanol–water partition coefficient (Wildman–Crippen LogP) is 0.00690. The molecule has 1 saturated heterocycles. The van der Waals surface area contributed by atoms with Gasteiger partial charge in [-0.05, 0) is 6.42 Å². The minimum atomic E-state index is 0.229. The van der Waals surface area contributed by atoms with Gasteiger partial charge in [0.2, 0.25) is 6.39 Å². The summed E-state index contributed by atoms with van der Waals surface area (Å²) in [4.78, 5) is 6.36. The molecule has 4 heterocycles. The van der Waals surface area contributed by atoms with Crippen molar-refractivity contribution in [3.05, 3.63) is 24.1 Å². The van der Waals surface area contributed by atoms with Crippen LogP contribution in [0, 0.1) is 0 Å². The molecule has 0 unspecified atom stereocenters. The molecule has 8 nitrogen and oxygen atoms in total. The van der Waals surface area contributed by atoms with E-state index < -0.39 is 0 Å². The lowest BCUT2D eigenvalue weighted by atomic mass is 10.0. The van der Waals surface area contributed by atoms with E-state index >= 15 is 0 Å². The lowest BCUT2D eigenvalue weighted by Crippen LogP contribution is -2.47. The Hall–Kier alpha value is -1.80. The molecular weight excluding hydrogens is 248 g/mol. The van der Waals surface area contributed by atoms with Crippen LogP contribution in [0.1, 0.15) is 24.0 Å². The minimum Gasteiger partial charge on any atom is -0.370 e. The third-order valence-electron chi connectivity index (χ3n) is 3.78. The predicted molar refractivity (Wildman–Crippen MR) is 61.8 cm³/mol. The molecule has 1 fully saturated rings. The summed E-state index contributed by atoms with van der Waals surface area (Å²) in [5.41, 5.74) is 1.04. The lowest BCUT2D eigenvalue weighted by Gasteiger charge is -2.40. The van der Waals surface area contributed by atoms with Crippen molar-refractivity contribution in [1.29, 1.82) is 0 Å². The van der Waals surface area contributed by atoms with Gasteiger partial charge >= 0.3 is 0 Å². The zero-order chi connectivity index (χ0) is 12.7. The Morgan fingerprint density at radius 1 is 1.42 bits per heavy atom. The van der Waals surface area contributed by atoms with Crippen molar-refractivity contribution in [3.8, 4) is 0 Å². The van der Waals surface area contributed by atoms with E-state index in [2.05, 4.69) is 25.4 Å². The monoisotopic (exact) mass is 262 g/mol. The lowest BCUT2D eigenvalue weighted by molar-refractivity contribution is -0.0673.